The molecule has 0 bridgehead atoms. The predicted molar refractivity (Wildman–Crippen MR) is 83.4 cm³/mol. The van der Waals surface area contributed by atoms with Crippen molar-refractivity contribution in [2.24, 2.45) is 0 Å². The molecule has 0 nitrogen and oxygen atoms in total. The molecule has 0 aromatic carbocycles. The summed E-state index contributed by atoms with van der Waals surface area (Å²) in [6.07, 6.45) is 5.01. The van der Waals surface area contributed by atoms with Gasteiger partial charge < -0.3 is 0 Å². The van der Waals surface area contributed by atoms with Crippen LogP contribution < -0.4 is 0 Å². The van der Waals surface area contributed by atoms with Crippen molar-refractivity contribution in [3.8, 4) is 0 Å². The Hall–Kier alpha value is 1.49. The summed E-state index contributed by atoms with van der Waals surface area (Å²) in [7, 11) is 0. The summed E-state index contributed by atoms with van der Waals surface area (Å²) in [6.45, 7) is 2.20. The van der Waals surface area contributed by atoms with E-state index in [4.69, 9.17) is 12.2 Å². The number of thiol groups is 2. The van der Waals surface area contributed by atoms with Gasteiger partial charge in [-0.05, 0) is 6.42 Å². The van der Waals surface area contributed by atoms with Gasteiger partial charge in [-0.15, -0.1) is 23.5 Å². The number of thioether (sulfide) groups is 2. The Bertz CT molecular complexity index is 138. The molecule has 1 rings (SSSR count). The zero-order valence-corrected chi connectivity index (χ0v) is 12.7. The van der Waals surface area contributed by atoms with E-state index < -0.39 is 0 Å². The van der Waals surface area contributed by atoms with Crippen LogP contribution in [-0.4, -0.2) is 19.6 Å². The van der Waals surface area contributed by atoms with Crippen LogP contribution in [0.15, 0.2) is 0 Å². The lowest BCUT2D eigenvalue weighted by molar-refractivity contribution is 0.698. The average molecular weight is 287 g/mol. The second-order valence-corrected chi connectivity index (χ2v) is 7.97. The van der Waals surface area contributed by atoms with Crippen molar-refractivity contribution in [2.45, 2.75) is 37.2 Å². The predicted octanol–water partition coefficient (Wildman–Crippen LogP) is 4.50. The van der Waals surface area contributed by atoms with Crippen LogP contribution >= 0.6 is 61.0 Å². The Kier molecular flexibility index (Phi) is 12.2. The summed E-state index contributed by atoms with van der Waals surface area (Å²) in [5.41, 5.74) is 0. The Morgan fingerprint density at radius 3 is 2.14 bits per heavy atom. The molecule has 0 aromatic rings. The minimum Gasteiger partial charge on any atom is -0.165 e. The third-order valence-corrected chi connectivity index (χ3v) is 5.07. The monoisotopic (exact) mass is 286 g/mol. The summed E-state index contributed by atoms with van der Waals surface area (Å²) < 4.78 is 1.41. The molecule has 1 saturated heterocycles. The van der Waals surface area contributed by atoms with Crippen molar-refractivity contribution < 1.29 is 0 Å². The van der Waals surface area contributed by atoms with Gasteiger partial charge in [0.25, 0.3) is 0 Å². The van der Waals surface area contributed by atoms with Gasteiger partial charge in [0.2, 0.25) is 0 Å². The van der Waals surface area contributed by atoms with Crippen LogP contribution in [-0.2, 0) is 0 Å². The third-order valence-electron chi connectivity index (χ3n) is 1.59. The number of rotatable bonds is 4. The van der Waals surface area contributed by atoms with E-state index in [2.05, 4.69) is 32.2 Å². The highest BCUT2D eigenvalue weighted by Crippen LogP contribution is 2.25. The van der Waals surface area contributed by atoms with Crippen LogP contribution in [0, 0.1) is 0 Å². The fourth-order valence-electron chi connectivity index (χ4n) is 0.869. The van der Waals surface area contributed by atoms with Gasteiger partial charge in [-0.3, -0.25) is 0 Å². The van der Waals surface area contributed by atoms with E-state index >= 15 is 0 Å². The molecule has 0 amide bonds. The van der Waals surface area contributed by atoms with Crippen LogP contribution in [0.2, 0.25) is 0 Å². The number of hydrogen-bond acceptors (Lipinski definition) is 5. The maximum atomic E-state index is 4.84. The lowest BCUT2D eigenvalue weighted by Crippen LogP contribution is -1.85. The molecular formula is C9H18S5. The highest BCUT2D eigenvalue weighted by atomic mass is 32.2. The van der Waals surface area contributed by atoms with Crippen LogP contribution in [0.1, 0.15) is 32.6 Å². The zero-order chi connectivity index (χ0) is 10.8. The van der Waals surface area contributed by atoms with Crippen molar-refractivity contribution >= 4 is 64.5 Å². The minimum absolute atomic E-state index is 0.293. The second kappa shape index (κ2) is 11.0. The van der Waals surface area contributed by atoms with E-state index in [9.17, 15) is 0 Å². The molecule has 0 saturated carbocycles. The lowest BCUT2D eigenvalue weighted by Gasteiger charge is -1.99. The number of unbranched alkanes of at least 4 members (excludes halogenated alkanes) is 2. The largest absolute Gasteiger partial charge is 0.165 e. The summed E-state index contributed by atoms with van der Waals surface area (Å²) in [5, 5.41) is 0. The van der Waals surface area contributed by atoms with Gasteiger partial charge in [0.1, 0.15) is 3.53 Å². The third kappa shape index (κ3) is 11.6. The summed E-state index contributed by atoms with van der Waals surface area (Å²) in [6, 6.07) is 0. The van der Waals surface area contributed by atoms with E-state index in [0.717, 1.165) is 9.95 Å². The Labute approximate surface area is 113 Å². The summed E-state index contributed by atoms with van der Waals surface area (Å²) in [5.74, 6) is 2.45. The molecule has 0 radical (unpaired) electrons. The van der Waals surface area contributed by atoms with Crippen molar-refractivity contribution in [2.75, 3.05) is 11.5 Å². The molecule has 0 unspecified atom stereocenters. The van der Waals surface area contributed by atoms with E-state index in [-0.39, 0.29) is 0 Å². The SMILES string of the molecule is CCCCCC(S)S.S=C1SCCS1. The van der Waals surface area contributed by atoms with Gasteiger partial charge in [0.05, 0.1) is 0 Å². The van der Waals surface area contributed by atoms with Crippen molar-refractivity contribution in [1.82, 2.24) is 0 Å². The smallest absolute Gasteiger partial charge is 0.104 e. The average Bonchev–Trinajstić information content (AvgIpc) is 2.57. The second-order valence-electron chi connectivity index (χ2n) is 2.92. The quantitative estimate of drug-likeness (QED) is 0.338. The normalized spacial score (nSPS) is 15.6. The van der Waals surface area contributed by atoms with E-state index in [1.807, 2.05) is 0 Å². The molecule has 0 aliphatic carbocycles. The molecule has 1 heterocycles. The fraction of sp³-hybridized carbons (Fsp3) is 0.889. The van der Waals surface area contributed by atoms with Gasteiger partial charge >= 0.3 is 0 Å². The maximum Gasteiger partial charge on any atom is 0.104 e. The van der Waals surface area contributed by atoms with Gasteiger partial charge in [0.15, 0.2) is 0 Å². The molecule has 0 N–H and O–H groups in total. The highest BCUT2D eigenvalue weighted by Gasteiger charge is 2.04. The van der Waals surface area contributed by atoms with Gasteiger partial charge in [0, 0.05) is 16.1 Å². The summed E-state index contributed by atoms with van der Waals surface area (Å²) >= 11 is 16.7. The van der Waals surface area contributed by atoms with E-state index in [1.54, 1.807) is 23.5 Å². The van der Waals surface area contributed by atoms with Crippen molar-refractivity contribution in [3.05, 3.63) is 0 Å². The van der Waals surface area contributed by atoms with Crippen molar-refractivity contribution in [3.63, 3.8) is 0 Å². The van der Waals surface area contributed by atoms with E-state index in [1.165, 1.54) is 30.8 Å². The Morgan fingerprint density at radius 1 is 1.29 bits per heavy atom. The zero-order valence-electron chi connectivity index (χ0n) is 8.44. The van der Waals surface area contributed by atoms with Crippen LogP contribution in [0.4, 0.5) is 0 Å². The first kappa shape index (κ1) is 15.5. The lowest BCUT2D eigenvalue weighted by atomic mass is 10.2. The van der Waals surface area contributed by atoms with Gasteiger partial charge in [-0.25, -0.2) is 0 Å². The van der Waals surface area contributed by atoms with E-state index in [0.29, 0.717) is 4.58 Å². The van der Waals surface area contributed by atoms with Crippen molar-refractivity contribution in [1.29, 1.82) is 0 Å². The fourth-order valence-corrected chi connectivity index (χ4v) is 3.57. The molecule has 1 aliphatic rings. The Morgan fingerprint density at radius 2 is 1.86 bits per heavy atom. The summed E-state index contributed by atoms with van der Waals surface area (Å²) in [4.78, 5) is 0. The van der Waals surface area contributed by atoms with Crippen LogP contribution in [0.5, 0.6) is 0 Å². The molecule has 14 heavy (non-hydrogen) atoms. The standard InChI is InChI=1S/C6H14S2.C3H4S3/c1-2-3-4-5-6(7)8;4-3-5-1-2-6-3/h6-8H,2-5H2,1H3;1-2H2. The molecule has 0 spiro atoms. The molecular weight excluding hydrogens is 268 g/mol. The van der Waals surface area contributed by atoms with Crippen LogP contribution in [0.3, 0.4) is 0 Å². The minimum atomic E-state index is 0.293. The molecule has 0 atom stereocenters. The van der Waals surface area contributed by atoms with Crippen LogP contribution in [0.25, 0.3) is 0 Å². The maximum absolute atomic E-state index is 4.84. The molecule has 84 valence electrons. The first-order chi connectivity index (χ1) is 6.66. The highest BCUT2D eigenvalue weighted by molar-refractivity contribution is 8.49. The van der Waals surface area contributed by atoms with Gasteiger partial charge in [-0.1, -0.05) is 38.4 Å². The van der Waals surface area contributed by atoms with Gasteiger partial charge in [-0.2, -0.15) is 25.3 Å². The molecule has 0 aromatic heterocycles. The number of thiocarbonyl (C=S) groups is 1. The molecule has 1 fully saturated rings. The first-order valence-electron chi connectivity index (χ1n) is 4.82. The molecule has 1 aliphatic heterocycles. The Balaban J connectivity index is 0.000000249. The topological polar surface area (TPSA) is 0 Å². The first-order valence-corrected chi connectivity index (χ1v) is 8.23. The number of hydrogen-bond donors (Lipinski definition) is 2. The molecule has 5 heteroatoms.